The third kappa shape index (κ3) is 2.27. The molecule has 24 heavy (non-hydrogen) atoms. The van der Waals surface area contributed by atoms with E-state index in [-0.39, 0.29) is 24.1 Å². The fraction of sp³-hybridized carbons (Fsp3) is 0.167. The molecule has 1 aliphatic rings. The lowest BCUT2D eigenvalue weighted by Gasteiger charge is -2.25. The van der Waals surface area contributed by atoms with Crippen molar-refractivity contribution < 1.29 is 9.18 Å². The first kappa shape index (κ1) is 14.6. The molecule has 2 aromatic heterocycles. The Morgan fingerprint density at radius 3 is 2.92 bits per heavy atom. The number of pyridine rings is 1. The molecule has 0 saturated heterocycles. The second-order valence-corrected chi connectivity index (χ2v) is 5.86. The molecule has 0 spiro atoms. The van der Waals surface area contributed by atoms with E-state index >= 15 is 0 Å². The smallest absolute Gasteiger partial charge is 0.226 e. The molecule has 0 fully saturated rings. The Morgan fingerprint density at radius 2 is 2.12 bits per heavy atom. The van der Waals surface area contributed by atoms with Crippen LogP contribution in [0.25, 0.3) is 11.3 Å². The number of anilines is 1. The standard InChI is InChI=1S/C18H15FN4O/c1-10-12(5-2-6-14(10)19)13-8-15(24)21-18-16(13)17(22-23-18)11-4-3-7-20-9-11/h2-7,9,13H,8H2,1H3,(H2,21,22,23,24). The highest BCUT2D eigenvalue weighted by Gasteiger charge is 2.33. The SMILES string of the molecule is Cc1c(F)cccc1C1CC(=O)Nc2n[nH]c(-c3cccnc3)c21. The fourth-order valence-corrected chi connectivity index (χ4v) is 3.25. The number of carbonyl (C=O) groups is 1. The van der Waals surface area contributed by atoms with Gasteiger partial charge in [0.05, 0.1) is 5.69 Å². The predicted octanol–water partition coefficient (Wildman–Crippen LogP) is 3.39. The van der Waals surface area contributed by atoms with E-state index in [9.17, 15) is 9.18 Å². The van der Waals surface area contributed by atoms with Gasteiger partial charge in [-0.25, -0.2) is 4.39 Å². The number of aromatic amines is 1. The van der Waals surface area contributed by atoms with Gasteiger partial charge in [-0.1, -0.05) is 12.1 Å². The quantitative estimate of drug-likeness (QED) is 0.760. The maximum atomic E-state index is 14.0. The monoisotopic (exact) mass is 322 g/mol. The van der Waals surface area contributed by atoms with E-state index in [0.717, 1.165) is 22.4 Å². The fourth-order valence-electron chi connectivity index (χ4n) is 3.25. The van der Waals surface area contributed by atoms with Crippen LogP contribution in [0.2, 0.25) is 0 Å². The molecule has 1 aromatic carbocycles. The molecule has 0 aliphatic carbocycles. The van der Waals surface area contributed by atoms with Crippen LogP contribution in [0.1, 0.15) is 29.0 Å². The molecule has 5 nitrogen and oxygen atoms in total. The molecule has 0 saturated carbocycles. The number of H-pyrrole nitrogens is 1. The van der Waals surface area contributed by atoms with E-state index in [1.54, 1.807) is 25.4 Å². The van der Waals surface area contributed by atoms with Crippen LogP contribution in [-0.2, 0) is 4.79 Å². The highest BCUT2D eigenvalue weighted by molar-refractivity contribution is 5.96. The van der Waals surface area contributed by atoms with Crippen molar-refractivity contribution >= 4 is 11.7 Å². The molecule has 0 radical (unpaired) electrons. The molecule has 2 N–H and O–H groups in total. The summed E-state index contributed by atoms with van der Waals surface area (Å²) in [6.07, 6.45) is 3.69. The van der Waals surface area contributed by atoms with Crippen LogP contribution in [0.5, 0.6) is 0 Å². The van der Waals surface area contributed by atoms with Crippen LogP contribution in [0.3, 0.4) is 0 Å². The minimum Gasteiger partial charge on any atom is -0.309 e. The molecule has 1 amide bonds. The van der Waals surface area contributed by atoms with E-state index in [0.29, 0.717) is 11.4 Å². The van der Waals surface area contributed by atoms with Crippen LogP contribution in [0, 0.1) is 12.7 Å². The van der Waals surface area contributed by atoms with Crippen LogP contribution < -0.4 is 5.32 Å². The van der Waals surface area contributed by atoms with Gasteiger partial charge in [0, 0.05) is 35.9 Å². The number of hydrogen-bond donors (Lipinski definition) is 2. The largest absolute Gasteiger partial charge is 0.309 e. The summed E-state index contributed by atoms with van der Waals surface area (Å²) in [6, 6.07) is 8.73. The van der Waals surface area contributed by atoms with E-state index in [1.165, 1.54) is 6.07 Å². The van der Waals surface area contributed by atoms with E-state index in [2.05, 4.69) is 20.5 Å². The second-order valence-electron chi connectivity index (χ2n) is 5.86. The van der Waals surface area contributed by atoms with Crippen molar-refractivity contribution in [3.8, 4) is 11.3 Å². The molecule has 1 unspecified atom stereocenters. The van der Waals surface area contributed by atoms with Crippen molar-refractivity contribution in [2.45, 2.75) is 19.3 Å². The summed E-state index contributed by atoms with van der Waals surface area (Å²) in [7, 11) is 0. The Labute approximate surface area is 137 Å². The van der Waals surface area contributed by atoms with Gasteiger partial charge in [0.25, 0.3) is 0 Å². The van der Waals surface area contributed by atoms with Gasteiger partial charge in [-0.15, -0.1) is 0 Å². The third-order valence-electron chi connectivity index (χ3n) is 4.43. The normalized spacial score (nSPS) is 16.6. The number of rotatable bonds is 2. The minimum absolute atomic E-state index is 0.125. The average Bonchev–Trinajstić information content (AvgIpc) is 3.01. The Morgan fingerprint density at radius 1 is 1.25 bits per heavy atom. The molecular weight excluding hydrogens is 307 g/mol. The van der Waals surface area contributed by atoms with E-state index in [4.69, 9.17) is 0 Å². The zero-order valence-corrected chi connectivity index (χ0v) is 13.0. The van der Waals surface area contributed by atoms with Crippen molar-refractivity contribution in [2.75, 3.05) is 5.32 Å². The molecule has 4 rings (SSSR count). The second kappa shape index (κ2) is 5.56. The van der Waals surface area contributed by atoms with Crippen molar-refractivity contribution in [1.82, 2.24) is 15.2 Å². The van der Waals surface area contributed by atoms with Gasteiger partial charge in [-0.2, -0.15) is 5.10 Å². The summed E-state index contributed by atoms with van der Waals surface area (Å²) in [5.41, 5.74) is 3.91. The van der Waals surface area contributed by atoms with E-state index in [1.807, 2.05) is 18.2 Å². The van der Waals surface area contributed by atoms with Gasteiger partial charge in [0.15, 0.2) is 5.82 Å². The zero-order chi connectivity index (χ0) is 16.7. The summed E-state index contributed by atoms with van der Waals surface area (Å²) in [6.45, 7) is 1.74. The van der Waals surface area contributed by atoms with Crippen molar-refractivity contribution in [1.29, 1.82) is 0 Å². The Balaban J connectivity index is 1.92. The van der Waals surface area contributed by atoms with Crippen molar-refractivity contribution in [2.24, 2.45) is 0 Å². The number of hydrogen-bond acceptors (Lipinski definition) is 3. The summed E-state index contributed by atoms with van der Waals surface area (Å²) < 4.78 is 14.0. The minimum atomic E-state index is -0.272. The number of fused-ring (bicyclic) bond motifs is 1. The number of carbonyl (C=O) groups excluding carboxylic acids is 1. The third-order valence-corrected chi connectivity index (χ3v) is 4.43. The van der Waals surface area contributed by atoms with Gasteiger partial charge in [0.2, 0.25) is 5.91 Å². The maximum Gasteiger partial charge on any atom is 0.226 e. The van der Waals surface area contributed by atoms with Gasteiger partial charge >= 0.3 is 0 Å². The number of benzene rings is 1. The van der Waals surface area contributed by atoms with Gasteiger partial charge < -0.3 is 5.32 Å². The summed E-state index contributed by atoms with van der Waals surface area (Å²) in [4.78, 5) is 16.2. The lowest BCUT2D eigenvalue weighted by Crippen LogP contribution is -2.24. The number of nitrogens with zero attached hydrogens (tertiary/aromatic N) is 2. The number of amides is 1. The van der Waals surface area contributed by atoms with Crippen molar-refractivity contribution in [3.63, 3.8) is 0 Å². The molecule has 1 aliphatic heterocycles. The first-order valence-electron chi connectivity index (χ1n) is 7.68. The lowest BCUT2D eigenvalue weighted by molar-refractivity contribution is -0.116. The number of halogens is 1. The molecule has 120 valence electrons. The highest BCUT2D eigenvalue weighted by atomic mass is 19.1. The first-order valence-corrected chi connectivity index (χ1v) is 7.68. The lowest BCUT2D eigenvalue weighted by atomic mass is 9.82. The Bertz CT molecular complexity index is 920. The average molecular weight is 322 g/mol. The summed E-state index contributed by atoms with van der Waals surface area (Å²) in [5.74, 6) is -0.149. The van der Waals surface area contributed by atoms with Crippen LogP contribution in [0.15, 0.2) is 42.7 Å². The zero-order valence-electron chi connectivity index (χ0n) is 13.0. The van der Waals surface area contributed by atoms with Crippen molar-refractivity contribution in [3.05, 3.63) is 65.2 Å². The predicted molar refractivity (Wildman–Crippen MR) is 88.0 cm³/mol. The Kier molecular flexibility index (Phi) is 3.37. The van der Waals surface area contributed by atoms with Crippen LogP contribution in [0.4, 0.5) is 10.2 Å². The van der Waals surface area contributed by atoms with E-state index < -0.39 is 0 Å². The topological polar surface area (TPSA) is 70.7 Å². The number of nitrogens with one attached hydrogen (secondary N) is 2. The van der Waals surface area contributed by atoms with Gasteiger partial charge in [0.1, 0.15) is 5.82 Å². The summed E-state index contributed by atoms with van der Waals surface area (Å²) >= 11 is 0. The summed E-state index contributed by atoms with van der Waals surface area (Å²) in [5, 5.41) is 10.0. The molecule has 3 heterocycles. The van der Waals surface area contributed by atoms with Crippen LogP contribution in [-0.4, -0.2) is 21.1 Å². The first-order chi connectivity index (χ1) is 11.6. The molecule has 1 atom stereocenters. The molecule has 0 bridgehead atoms. The number of aromatic nitrogens is 3. The van der Waals surface area contributed by atoms with Gasteiger partial charge in [-0.05, 0) is 36.2 Å². The molecular formula is C18H15FN4O. The van der Waals surface area contributed by atoms with Gasteiger partial charge in [-0.3, -0.25) is 14.9 Å². The highest BCUT2D eigenvalue weighted by Crippen LogP contribution is 2.42. The maximum absolute atomic E-state index is 14.0. The van der Waals surface area contributed by atoms with Crippen LogP contribution >= 0.6 is 0 Å². The molecule has 6 heteroatoms. The molecule has 3 aromatic rings. The Hall–Kier alpha value is -3.02.